The predicted octanol–water partition coefficient (Wildman–Crippen LogP) is 0.0278. The average molecular weight is 227 g/mol. The highest BCUT2D eigenvalue weighted by Gasteiger charge is 2.18. The fourth-order valence-electron chi connectivity index (χ4n) is 2.16. The first kappa shape index (κ1) is 11.7. The number of nitrogens with one attached hydrogen (secondary N) is 2. The van der Waals surface area contributed by atoms with E-state index in [1.165, 1.54) is 0 Å². The molecule has 0 unspecified atom stereocenters. The van der Waals surface area contributed by atoms with E-state index in [1.807, 2.05) is 4.90 Å². The molecule has 0 aliphatic carbocycles. The Kier molecular flexibility index (Phi) is 4.42. The maximum Gasteiger partial charge on any atom is 0.317 e. The van der Waals surface area contributed by atoms with Gasteiger partial charge in [0, 0.05) is 45.9 Å². The normalized spacial score (nSPS) is 23.1. The van der Waals surface area contributed by atoms with Crippen molar-refractivity contribution < 1.29 is 9.53 Å². The Morgan fingerprint density at radius 3 is 2.69 bits per heavy atom. The lowest BCUT2D eigenvalue weighted by atomic mass is 10.0. The summed E-state index contributed by atoms with van der Waals surface area (Å²) in [5.74, 6) is 0.598. The third kappa shape index (κ3) is 3.35. The molecule has 2 fully saturated rings. The number of carbonyl (C=O) groups is 1. The highest BCUT2D eigenvalue weighted by Crippen LogP contribution is 2.13. The van der Waals surface area contributed by atoms with Gasteiger partial charge in [0.15, 0.2) is 0 Å². The van der Waals surface area contributed by atoms with Gasteiger partial charge in [-0.2, -0.15) is 0 Å². The van der Waals surface area contributed by atoms with Crippen molar-refractivity contribution in [3.8, 4) is 0 Å². The summed E-state index contributed by atoms with van der Waals surface area (Å²) in [4.78, 5) is 13.7. The zero-order valence-electron chi connectivity index (χ0n) is 9.71. The molecule has 0 aromatic heterocycles. The van der Waals surface area contributed by atoms with E-state index in [2.05, 4.69) is 10.6 Å². The Labute approximate surface area is 96.5 Å². The molecule has 2 aliphatic rings. The average Bonchev–Trinajstić information content (AvgIpc) is 2.38. The molecule has 2 amide bonds. The lowest BCUT2D eigenvalue weighted by molar-refractivity contribution is 0.0663. The minimum atomic E-state index is 0.0907. The molecule has 5 nitrogen and oxygen atoms in total. The molecule has 16 heavy (non-hydrogen) atoms. The quantitative estimate of drug-likeness (QED) is 0.699. The van der Waals surface area contributed by atoms with E-state index < -0.39 is 0 Å². The molecule has 2 rings (SSSR count). The second-order valence-electron chi connectivity index (χ2n) is 4.48. The second-order valence-corrected chi connectivity index (χ2v) is 4.48. The van der Waals surface area contributed by atoms with Gasteiger partial charge in [-0.1, -0.05) is 0 Å². The molecule has 2 aliphatic heterocycles. The van der Waals surface area contributed by atoms with Gasteiger partial charge in [-0.05, 0) is 18.8 Å². The summed E-state index contributed by atoms with van der Waals surface area (Å²) in [5, 5.41) is 6.26. The minimum Gasteiger partial charge on any atom is -0.381 e. The molecule has 0 aromatic rings. The van der Waals surface area contributed by atoms with Crippen LogP contribution in [0.3, 0.4) is 0 Å². The maximum absolute atomic E-state index is 11.8. The van der Waals surface area contributed by atoms with Gasteiger partial charge in [-0.15, -0.1) is 0 Å². The van der Waals surface area contributed by atoms with Crippen LogP contribution in [0.5, 0.6) is 0 Å². The largest absolute Gasteiger partial charge is 0.381 e. The first-order chi connectivity index (χ1) is 7.86. The lowest BCUT2D eigenvalue weighted by Gasteiger charge is -2.29. The summed E-state index contributed by atoms with van der Waals surface area (Å²) < 4.78 is 5.29. The van der Waals surface area contributed by atoms with Crippen molar-refractivity contribution in [2.75, 3.05) is 45.9 Å². The Morgan fingerprint density at radius 1 is 1.31 bits per heavy atom. The Bertz CT molecular complexity index is 223. The molecule has 0 saturated carbocycles. The van der Waals surface area contributed by atoms with E-state index in [-0.39, 0.29) is 6.03 Å². The number of nitrogens with zero attached hydrogens (tertiary/aromatic N) is 1. The van der Waals surface area contributed by atoms with E-state index in [0.29, 0.717) is 5.92 Å². The molecule has 0 spiro atoms. The third-order valence-electron chi connectivity index (χ3n) is 3.29. The van der Waals surface area contributed by atoms with Crippen LogP contribution in [0.2, 0.25) is 0 Å². The van der Waals surface area contributed by atoms with E-state index in [0.717, 1.165) is 58.8 Å². The van der Waals surface area contributed by atoms with Crippen molar-refractivity contribution in [3.63, 3.8) is 0 Å². The van der Waals surface area contributed by atoms with Gasteiger partial charge in [0.2, 0.25) is 0 Å². The topological polar surface area (TPSA) is 53.6 Å². The molecule has 0 aromatic carbocycles. The van der Waals surface area contributed by atoms with Crippen LogP contribution in [0.15, 0.2) is 0 Å². The van der Waals surface area contributed by atoms with Crippen LogP contribution in [-0.2, 0) is 4.74 Å². The van der Waals surface area contributed by atoms with Crippen LogP contribution >= 0.6 is 0 Å². The zero-order chi connectivity index (χ0) is 11.2. The molecular formula is C11H21N3O2. The monoisotopic (exact) mass is 227 g/mol. The zero-order valence-corrected chi connectivity index (χ0v) is 9.71. The van der Waals surface area contributed by atoms with Crippen LogP contribution in [0.25, 0.3) is 0 Å². The van der Waals surface area contributed by atoms with Crippen molar-refractivity contribution in [3.05, 3.63) is 0 Å². The molecule has 92 valence electrons. The van der Waals surface area contributed by atoms with Gasteiger partial charge in [-0.3, -0.25) is 0 Å². The third-order valence-corrected chi connectivity index (χ3v) is 3.29. The van der Waals surface area contributed by atoms with E-state index >= 15 is 0 Å². The maximum atomic E-state index is 11.8. The molecule has 5 heteroatoms. The SMILES string of the molecule is O=C(NCC1CCOCC1)N1CCNCC1. The number of urea groups is 1. The molecular weight excluding hydrogens is 206 g/mol. The molecule has 0 bridgehead atoms. The molecule has 0 radical (unpaired) electrons. The number of carbonyl (C=O) groups excluding carboxylic acids is 1. The Morgan fingerprint density at radius 2 is 2.00 bits per heavy atom. The standard InChI is InChI=1S/C11H21N3O2/c15-11(14-5-3-12-4-6-14)13-9-10-1-7-16-8-2-10/h10,12H,1-9H2,(H,13,15). The van der Waals surface area contributed by atoms with Crippen LogP contribution in [0.1, 0.15) is 12.8 Å². The first-order valence-electron chi connectivity index (χ1n) is 6.17. The number of hydrogen-bond acceptors (Lipinski definition) is 3. The summed E-state index contributed by atoms with van der Waals surface area (Å²) in [6, 6.07) is 0.0907. The van der Waals surface area contributed by atoms with Gasteiger partial charge < -0.3 is 20.3 Å². The summed E-state index contributed by atoms with van der Waals surface area (Å²) in [6.07, 6.45) is 2.14. The van der Waals surface area contributed by atoms with Crippen molar-refractivity contribution in [1.82, 2.24) is 15.5 Å². The van der Waals surface area contributed by atoms with Crippen LogP contribution in [0, 0.1) is 5.92 Å². The van der Waals surface area contributed by atoms with Gasteiger partial charge >= 0.3 is 6.03 Å². The molecule has 2 saturated heterocycles. The van der Waals surface area contributed by atoms with Crippen molar-refractivity contribution in [2.45, 2.75) is 12.8 Å². The molecule has 2 N–H and O–H groups in total. The van der Waals surface area contributed by atoms with Crippen molar-refractivity contribution in [1.29, 1.82) is 0 Å². The number of hydrogen-bond donors (Lipinski definition) is 2. The minimum absolute atomic E-state index is 0.0907. The van der Waals surface area contributed by atoms with Crippen LogP contribution in [0.4, 0.5) is 4.79 Å². The second kappa shape index (κ2) is 6.06. The van der Waals surface area contributed by atoms with Crippen molar-refractivity contribution >= 4 is 6.03 Å². The highest BCUT2D eigenvalue weighted by molar-refractivity contribution is 5.74. The smallest absolute Gasteiger partial charge is 0.317 e. The summed E-state index contributed by atoms with van der Waals surface area (Å²) in [7, 11) is 0. The number of ether oxygens (including phenoxy) is 1. The first-order valence-corrected chi connectivity index (χ1v) is 6.17. The Balaban J connectivity index is 1.65. The van der Waals surface area contributed by atoms with E-state index in [4.69, 9.17) is 4.74 Å². The number of piperazine rings is 1. The van der Waals surface area contributed by atoms with Gasteiger partial charge in [0.05, 0.1) is 0 Å². The number of rotatable bonds is 2. The molecule has 2 heterocycles. The van der Waals surface area contributed by atoms with Gasteiger partial charge in [0.25, 0.3) is 0 Å². The Hall–Kier alpha value is -0.810. The number of amides is 2. The summed E-state index contributed by atoms with van der Waals surface area (Å²) in [6.45, 7) is 5.93. The lowest BCUT2D eigenvalue weighted by Crippen LogP contribution is -2.51. The van der Waals surface area contributed by atoms with Crippen molar-refractivity contribution in [2.24, 2.45) is 5.92 Å². The van der Waals surface area contributed by atoms with E-state index in [1.54, 1.807) is 0 Å². The predicted molar refractivity (Wildman–Crippen MR) is 61.4 cm³/mol. The molecule has 0 atom stereocenters. The van der Waals surface area contributed by atoms with Gasteiger partial charge in [0.1, 0.15) is 0 Å². The summed E-state index contributed by atoms with van der Waals surface area (Å²) in [5.41, 5.74) is 0. The van der Waals surface area contributed by atoms with Crippen LogP contribution in [-0.4, -0.2) is 56.9 Å². The summed E-state index contributed by atoms with van der Waals surface area (Å²) >= 11 is 0. The van der Waals surface area contributed by atoms with Crippen LogP contribution < -0.4 is 10.6 Å². The van der Waals surface area contributed by atoms with E-state index in [9.17, 15) is 4.79 Å². The van der Waals surface area contributed by atoms with Gasteiger partial charge in [-0.25, -0.2) is 4.79 Å². The fraction of sp³-hybridized carbons (Fsp3) is 0.909. The fourth-order valence-corrected chi connectivity index (χ4v) is 2.16. The highest BCUT2D eigenvalue weighted by atomic mass is 16.5.